The van der Waals surface area contributed by atoms with Crippen LogP contribution in [0.4, 0.5) is 0 Å². The molecule has 23 heavy (non-hydrogen) atoms. The summed E-state index contributed by atoms with van der Waals surface area (Å²) in [4.78, 5) is 27.6. The predicted molar refractivity (Wildman–Crippen MR) is 85.1 cm³/mol. The molecule has 0 aliphatic heterocycles. The lowest BCUT2D eigenvalue weighted by atomic mass is 9.71. The number of carbonyl (C=O) groups is 2. The third kappa shape index (κ3) is 3.04. The highest BCUT2D eigenvalue weighted by Gasteiger charge is 2.38. The maximum atomic E-state index is 12.4. The van der Waals surface area contributed by atoms with Crippen molar-refractivity contribution in [3.8, 4) is 0 Å². The number of esters is 1. The van der Waals surface area contributed by atoms with E-state index in [0.717, 1.165) is 31.1 Å². The van der Waals surface area contributed by atoms with Gasteiger partial charge in [0.1, 0.15) is 18.6 Å². The molecule has 1 aromatic heterocycles. The largest absolute Gasteiger partial charge is 0.460 e. The van der Waals surface area contributed by atoms with Crippen LogP contribution in [0.2, 0.25) is 0 Å². The van der Waals surface area contributed by atoms with E-state index in [4.69, 9.17) is 4.74 Å². The van der Waals surface area contributed by atoms with Crippen LogP contribution in [-0.2, 0) is 9.53 Å². The van der Waals surface area contributed by atoms with E-state index >= 15 is 0 Å². The van der Waals surface area contributed by atoms with Crippen LogP contribution < -0.4 is 0 Å². The van der Waals surface area contributed by atoms with E-state index in [1.807, 2.05) is 37.3 Å². The van der Waals surface area contributed by atoms with Crippen molar-refractivity contribution in [3.05, 3.63) is 54.1 Å². The van der Waals surface area contributed by atoms with Crippen molar-refractivity contribution in [2.75, 3.05) is 6.61 Å². The van der Waals surface area contributed by atoms with Gasteiger partial charge in [0.25, 0.3) is 0 Å². The minimum Gasteiger partial charge on any atom is -0.460 e. The molecule has 5 nitrogen and oxygen atoms in total. The molecule has 3 rings (SSSR count). The van der Waals surface area contributed by atoms with Gasteiger partial charge in [-0.3, -0.25) is 0 Å². The third-order valence-electron chi connectivity index (χ3n) is 4.66. The first-order valence-corrected chi connectivity index (χ1v) is 7.85. The molecular formula is C18H20N2O3. The second kappa shape index (κ2) is 6.36. The molecule has 1 aromatic carbocycles. The van der Waals surface area contributed by atoms with Gasteiger partial charge < -0.3 is 14.1 Å². The van der Waals surface area contributed by atoms with Gasteiger partial charge in [0.15, 0.2) is 0 Å². The first-order chi connectivity index (χ1) is 11.2. The number of nitrogens with zero attached hydrogens (tertiary/aromatic N) is 2. The summed E-state index contributed by atoms with van der Waals surface area (Å²) in [6.07, 6.45) is 6.67. The lowest BCUT2D eigenvalue weighted by Gasteiger charge is -2.35. The Labute approximate surface area is 135 Å². The van der Waals surface area contributed by atoms with Gasteiger partial charge in [-0.15, -0.1) is 0 Å². The molecule has 5 heteroatoms. The number of hydrogen-bond donors (Lipinski definition) is 0. The van der Waals surface area contributed by atoms with Crippen molar-refractivity contribution < 1.29 is 14.3 Å². The fourth-order valence-corrected chi connectivity index (χ4v) is 2.87. The second-order valence-electron chi connectivity index (χ2n) is 6.18. The molecule has 0 saturated heterocycles. The van der Waals surface area contributed by atoms with E-state index in [0.29, 0.717) is 5.69 Å². The van der Waals surface area contributed by atoms with Crippen LogP contribution in [0.3, 0.4) is 0 Å². The minimum absolute atomic E-state index is 0.0232. The first kappa shape index (κ1) is 15.5. The van der Waals surface area contributed by atoms with Gasteiger partial charge in [0.2, 0.25) is 0 Å². The molecule has 1 aliphatic rings. The summed E-state index contributed by atoms with van der Waals surface area (Å²) in [5.41, 5.74) is 1.02. The number of aromatic nitrogens is 2. The molecule has 0 bridgehead atoms. The molecule has 1 atom stereocenters. The van der Waals surface area contributed by atoms with E-state index in [1.165, 1.54) is 6.20 Å². The normalized spacial score (nSPS) is 17.1. The summed E-state index contributed by atoms with van der Waals surface area (Å²) in [7, 11) is 0. The van der Waals surface area contributed by atoms with Crippen molar-refractivity contribution in [3.63, 3.8) is 0 Å². The van der Waals surface area contributed by atoms with Crippen LogP contribution in [0, 0.1) is 5.41 Å². The second-order valence-corrected chi connectivity index (χ2v) is 6.18. The number of rotatable bonds is 6. The maximum Gasteiger partial charge on any atom is 0.356 e. The van der Waals surface area contributed by atoms with Gasteiger partial charge in [0.05, 0.1) is 24.0 Å². The van der Waals surface area contributed by atoms with Crippen LogP contribution in [0.15, 0.2) is 42.9 Å². The summed E-state index contributed by atoms with van der Waals surface area (Å²) in [6.45, 7) is 2.16. The molecule has 1 fully saturated rings. The number of benzene rings is 1. The zero-order valence-electron chi connectivity index (χ0n) is 13.1. The summed E-state index contributed by atoms with van der Waals surface area (Å²) in [5.74, 6) is -0.432. The highest BCUT2D eigenvalue weighted by molar-refractivity contribution is 5.87. The summed E-state index contributed by atoms with van der Waals surface area (Å²) >= 11 is 0. The average Bonchev–Trinajstić information content (AvgIpc) is 3.04. The number of hydrogen-bond acceptors (Lipinski definition) is 4. The van der Waals surface area contributed by atoms with Crippen molar-refractivity contribution in [1.29, 1.82) is 0 Å². The Hall–Kier alpha value is -2.43. The van der Waals surface area contributed by atoms with Gasteiger partial charge in [-0.25, -0.2) is 9.78 Å². The van der Waals surface area contributed by atoms with Gasteiger partial charge in [-0.1, -0.05) is 36.8 Å². The molecular weight excluding hydrogens is 292 g/mol. The number of carbonyl (C=O) groups excluding carboxylic acids is 2. The van der Waals surface area contributed by atoms with Crippen LogP contribution in [0.25, 0.3) is 0 Å². The molecule has 0 spiro atoms. The third-order valence-corrected chi connectivity index (χ3v) is 4.66. The Balaban J connectivity index is 1.72. The zero-order valence-corrected chi connectivity index (χ0v) is 13.1. The molecule has 2 aromatic rings. The van der Waals surface area contributed by atoms with Crippen molar-refractivity contribution >= 4 is 12.3 Å². The van der Waals surface area contributed by atoms with Crippen LogP contribution in [0.1, 0.15) is 48.3 Å². The molecule has 1 saturated carbocycles. The number of imidazole rings is 1. The molecule has 0 amide bonds. The maximum absolute atomic E-state index is 12.4. The first-order valence-electron chi connectivity index (χ1n) is 7.85. The van der Waals surface area contributed by atoms with Crippen molar-refractivity contribution in [2.24, 2.45) is 5.41 Å². The molecule has 0 radical (unpaired) electrons. The smallest absolute Gasteiger partial charge is 0.356 e. The summed E-state index contributed by atoms with van der Waals surface area (Å²) in [5, 5.41) is 0. The number of ether oxygens (including phenoxy) is 1. The van der Waals surface area contributed by atoms with E-state index in [2.05, 4.69) is 4.98 Å². The molecule has 0 N–H and O–H groups in total. The molecule has 1 heterocycles. The van der Waals surface area contributed by atoms with Crippen LogP contribution in [-0.4, -0.2) is 28.4 Å². The van der Waals surface area contributed by atoms with Crippen molar-refractivity contribution in [1.82, 2.24) is 9.55 Å². The predicted octanol–water partition coefficient (Wildman–Crippen LogP) is 3.02. The van der Waals surface area contributed by atoms with E-state index < -0.39 is 11.4 Å². The monoisotopic (exact) mass is 312 g/mol. The lowest BCUT2D eigenvalue weighted by molar-refractivity contribution is -0.123. The Morgan fingerprint density at radius 1 is 1.39 bits per heavy atom. The topological polar surface area (TPSA) is 61.2 Å². The Morgan fingerprint density at radius 3 is 2.74 bits per heavy atom. The average molecular weight is 312 g/mol. The molecule has 120 valence electrons. The van der Waals surface area contributed by atoms with Crippen molar-refractivity contribution in [2.45, 2.75) is 32.2 Å². The lowest BCUT2D eigenvalue weighted by Crippen LogP contribution is -2.37. The van der Waals surface area contributed by atoms with Gasteiger partial charge >= 0.3 is 5.97 Å². The highest BCUT2D eigenvalue weighted by atomic mass is 16.5. The van der Waals surface area contributed by atoms with E-state index in [9.17, 15) is 9.59 Å². The van der Waals surface area contributed by atoms with Crippen LogP contribution >= 0.6 is 0 Å². The fourth-order valence-electron chi connectivity index (χ4n) is 2.87. The van der Waals surface area contributed by atoms with E-state index in [-0.39, 0.29) is 12.6 Å². The minimum atomic E-state index is -0.467. The highest BCUT2D eigenvalue weighted by Crippen LogP contribution is 2.39. The molecule has 0 unspecified atom stereocenters. The van der Waals surface area contributed by atoms with Crippen LogP contribution in [0.5, 0.6) is 0 Å². The fraction of sp³-hybridized carbons (Fsp3) is 0.389. The van der Waals surface area contributed by atoms with Gasteiger partial charge in [0, 0.05) is 0 Å². The summed E-state index contributed by atoms with van der Waals surface area (Å²) < 4.78 is 7.18. The van der Waals surface area contributed by atoms with Gasteiger partial charge in [-0.05, 0) is 25.3 Å². The van der Waals surface area contributed by atoms with E-state index in [1.54, 1.807) is 10.9 Å². The summed E-state index contributed by atoms with van der Waals surface area (Å²) in [6, 6.07) is 9.88. The Bertz CT molecular complexity index is 689. The molecule has 1 aliphatic carbocycles. The Kier molecular flexibility index (Phi) is 4.28. The zero-order chi connectivity index (χ0) is 16.3. The Morgan fingerprint density at radius 2 is 2.13 bits per heavy atom. The SMILES string of the molecule is C[C@H](c1ccccc1)n1cncc1C(=O)OCC1(C=O)CCC1. The quantitative estimate of drug-likeness (QED) is 0.607. The standard InChI is InChI=1S/C18H20N2O3/c1-14(15-6-3-2-4-7-15)20-13-19-10-16(20)17(22)23-12-18(11-21)8-5-9-18/h2-4,6-7,10-11,13-14H,5,8-9,12H2,1H3/t14-/m1/s1. The number of aldehydes is 1. The van der Waals surface area contributed by atoms with Gasteiger partial charge in [-0.2, -0.15) is 0 Å².